The van der Waals surface area contributed by atoms with Gasteiger partial charge in [-0.15, -0.1) is 0 Å². The summed E-state index contributed by atoms with van der Waals surface area (Å²) in [6.07, 6.45) is 3.84. The smallest absolute Gasteiger partial charge is 0.120 e. The monoisotopic (exact) mass is 235 g/mol. The average Bonchev–Trinajstić information content (AvgIpc) is 3.07. The Kier molecular flexibility index (Phi) is 3.89. The van der Waals surface area contributed by atoms with Crippen molar-refractivity contribution in [3.05, 3.63) is 23.8 Å². The van der Waals surface area contributed by atoms with Crippen LogP contribution in [0, 0.1) is 5.92 Å². The zero-order valence-electron chi connectivity index (χ0n) is 10.6. The van der Waals surface area contributed by atoms with Crippen molar-refractivity contribution in [3.8, 4) is 11.5 Å². The normalized spacial score (nSPS) is 22.5. The number of hydrogen-bond donors (Lipinski definition) is 2. The summed E-state index contributed by atoms with van der Waals surface area (Å²) >= 11 is 0. The van der Waals surface area contributed by atoms with Crippen molar-refractivity contribution in [1.29, 1.82) is 0 Å². The van der Waals surface area contributed by atoms with Gasteiger partial charge in [0.25, 0.3) is 0 Å². The molecule has 94 valence electrons. The number of hydrogen-bond acceptors (Lipinski definition) is 3. The second-order valence-corrected chi connectivity index (χ2v) is 4.77. The number of methoxy groups -OCH3 is 1. The van der Waals surface area contributed by atoms with Crippen LogP contribution in [0.3, 0.4) is 0 Å². The van der Waals surface area contributed by atoms with E-state index in [0.29, 0.717) is 18.3 Å². The molecule has 17 heavy (non-hydrogen) atoms. The molecule has 2 unspecified atom stereocenters. The molecule has 3 heteroatoms. The van der Waals surface area contributed by atoms with Crippen molar-refractivity contribution in [3.63, 3.8) is 0 Å². The highest BCUT2D eigenvalue weighted by atomic mass is 16.5. The van der Waals surface area contributed by atoms with Crippen LogP contribution in [0.15, 0.2) is 18.2 Å². The van der Waals surface area contributed by atoms with Gasteiger partial charge in [-0.3, -0.25) is 0 Å². The lowest BCUT2D eigenvalue weighted by molar-refractivity contribution is 0.410. The molecule has 0 radical (unpaired) electrons. The van der Waals surface area contributed by atoms with Crippen molar-refractivity contribution in [2.45, 2.75) is 38.8 Å². The van der Waals surface area contributed by atoms with Gasteiger partial charge in [0, 0.05) is 18.2 Å². The van der Waals surface area contributed by atoms with Gasteiger partial charge < -0.3 is 15.2 Å². The van der Waals surface area contributed by atoms with Crippen molar-refractivity contribution < 1.29 is 9.84 Å². The molecule has 1 aliphatic carbocycles. The Balaban J connectivity index is 1.86. The van der Waals surface area contributed by atoms with E-state index >= 15 is 0 Å². The van der Waals surface area contributed by atoms with Gasteiger partial charge in [-0.1, -0.05) is 13.3 Å². The maximum atomic E-state index is 9.74. The first-order valence-electron chi connectivity index (χ1n) is 6.33. The minimum atomic E-state index is 0.339. The number of aromatic hydroxyl groups is 1. The fourth-order valence-electron chi connectivity index (χ4n) is 2.26. The molecular formula is C14H21NO2. The second-order valence-electron chi connectivity index (χ2n) is 4.77. The number of nitrogens with one attached hydrogen (secondary N) is 1. The molecule has 1 saturated carbocycles. The molecule has 0 amide bonds. The van der Waals surface area contributed by atoms with E-state index in [1.165, 1.54) is 19.3 Å². The van der Waals surface area contributed by atoms with Crippen LogP contribution in [-0.2, 0) is 6.54 Å². The maximum Gasteiger partial charge on any atom is 0.120 e. The van der Waals surface area contributed by atoms with E-state index in [0.717, 1.165) is 17.2 Å². The summed E-state index contributed by atoms with van der Waals surface area (Å²) in [4.78, 5) is 0. The van der Waals surface area contributed by atoms with E-state index in [4.69, 9.17) is 4.74 Å². The molecule has 2 N–H and O–H groups in total. The van der Waals surface area contributed by atoms with Gasteiger partial charge in [0.1, 0.15) is 11.5 Å². The first-order valence-corrected chi connectivity index (χ1v) is 6.33. The van der Waals surface area contributed by atoms with E-state index in [-0.39, 0.29) is 0 Å². The highest BCUT2D eigenvalue weighted by Gasteiger charge is 2.35. The predicted octanol–water partition coefficient (Wildman–Crippen LogP) is 2.68. The first-order chi connectivity index (χ1) is 8.24. The zero-order valence-corrected chi connectivity index (χ0v) is 10.6. The summed E-state index contributed by atoms with van der Waals surface area (Å²) in [5.74, 6) is 1.97. The largest absolute Gasteiger partial charge is 0.508 e. The topological polar surface area (TPSA) is 41.5 Å². The van der Waals surface area contributed by atoms with E-state index < -0.39 is 0 Å². The molecule has 1 aromatic rings. The van der Waals surface area contributed by atoms with Crippen molar-refractivity contribution >= 4 is 0 Å². The summed E-state index contributed by atoms with van der Waals surface area (Å²) in [6.45, 7) is 2.94. The number of phenols is 1. The van der Waals surface area contributed by atoms with Gasteiger partial charge >= 0.3 is 0 Å². The lowest BCUT2D eigenvalue weighted by Crippen LogP contribution is -2.17. The van der Waals surface area contributed by atoms with Gasteiger partial charge in [0.05, 0.1) is 7.11 Å². The molecule has 2 rings (SSSR count). The summed E-state index contributed by atoms with van der Waals surface area (Å²) in [5.41, 5.74) is 0.909. The highest BCUT2D eigenvalue weighted by molar-refractivity contribution is 5.39. The van der Waals surface area contributed by atoms with Crippen LogP contribution >= 0.6 is 0 Å². The number of rotatable bonds is 6. The second kappa shape index (κ2) is 5.41. The maximum absolute atomic E-state index is 9.74. The third-order valence-corrected chi connectivity index (χ3v) is 3.42. The standard InChI is InChI=1S/C14H21NO2/c1-3-4-10-8-13(10)15-9-11-7-12(17-2)5-6-14(11)16/h5-7,10,13,15-16H,3-4,8-9H2,1-2H3. The summed E-state index contributed by atoms with van der Waals surface area (Å²) < 4.78 is 5.15. The van der Waals surface area contributed by atoms with Crippen molar-refractivity contribution in [1.82, 2.24) is 5.32 Å². The van der Waals surface area contributed by atoms with Gasteiger partial charge in [-0.25, -0.2) is 0 Å². The highest BCUT2D eigenvalue weighted by Crippen LogP contribution is 2.35. The molecule has 0 aromatic heterocycles. The van der Waals surface area contributed by atoms with E-state index in [2.05, 4.69) is 12.2 Å². The molecule has 1 fully saturated rings. The molecule has 0 aliphatic heterocycles. The molecule has 1 aromatic carbocycles. The summed E-state index contributed by atoms with van der Waals surface area (Å²) in [5, 5.41) is 13.2. The fraction of sp³-hybridized carbons (Fsp3) is 0.571. The quantitative estimate of drug-likeness (QED) is 0.796. The minimum Gasteiger partial charge on any atom is -0.508 e. The third-order valence-electron chi connectivity index (χ3n) is 3.42. The first kappa shape index (κ1) is 12.2. The molecule has 2 atom stereocenters. The Labute approximate surface area is 103 Å². The fourth-order valence-corrected chi connectivity index (χ4v) is 2.26. The predicted molar refractivity (Wildman–Crippen MR) is 68.3 cm³/mol. The molecule has 3 nitrogen and oxygen atoms in total. The lowest BCUT2D eigenvalue weighted by atomic mass is 10.2. The SMILES string of the molecule is CCCC1CC1NCc1cc(OC)ccc1O. The van der Waals surface area contributed by atoms with Crippen LogP contribution in [0.4, 0.5) is 0 Å². The number of phenolic OH excluding ortho intramolecular Hbond substituents is 1. The van der Waals surface area contributed by atoms with Crippen molar-refractivity contribution in [2.75, 3.05) is 7.11 Å². The van der Waals surface area contributed by atoms with Crippen LogP contribution in [0.2, 0.25) is 0 Å². The Hall–Kier alpha value is -1.22. The van der Waals surface area contributed by atoms with Gasteiger partial charge in [0.2, 0.25) is 0 Å². The van der Waals surface area contributed by atoms with Crippen molar-refractivity contribution in [2.24, 2.45) is 5.92 Å². The Morgan fingerprint density at radius 2 is 2.29 bits per heavy atom. The Morgan fingerprint density at radius 3 is 3.00 bits per heavy atom. The van der Waals surface area contributed by atoms with E-state index in [9.17, 15) is 5.11 Å². The average molecular weight is 235 g/mol. The van der Waals surface area contributed by atoms with Crippen LogP contribution in [0.5, 0.6) is 11.5 Å². The van der Waals surface area contributed by atoms with Gasteiger partial charge in [-0.2, -0.15) is 0 Å². The number of benzene rings is 1. The minimum absolute atomic E-state index is 0.339. The molecule has 1 aliphatic rings. The van der Waals surface area contributed by atoms with E-state index in [1.807, 2.05) is 6.07 Å². The van der Waals surface area contributed by atoms with Crippen LogP contribution in [-0.4, -0.2) is 18.3 Å². The van der Waals surface area contributed by atoms with Crippen LogP contribution in [0.1, 0.15) is 31.7 Å². The third kappa shape index (κ3) is 3.13. The summed E-state index contributed by atoms with van der Waals surface area (Å²) in [7, 11) is 1.64. The van der Waals surface area contributed by atoms with Gasteiger partial charge in [-0.05, 0) is 37.0 Å². The Bertz CT molecular complexity index is 378. The number of ether oxygens (including phenoxy) is 1. The van der Waals surface area contributed by atoms with Crippen LogP contribution in [0.25, 0.3) is 0 Å². The molecule has 0 spiro atoms. The molecule has 0 bridgehead atoms. The Morgan fingerprint density at radius 1 is 1.47 bits per heavy atom. The van der Waals surface area contributed by atoms with E-state index in [1.54, 1.807) is 19.2 Å². The molecular weight excluding hydrogens is 214 g/mol. The molecule has 0 heterocycles. The van der Waals surface area contributed by atoms with Gasteiger partial charge in [0.15, 0.2) is 0 Å². The molecule has 0 saturated heterocycles. The lowest BCUT2D eigenvalue weighted by Gasteiger charge is -2.08. The summed E-state index contributed by atoms with van der Waals surface area (Å²) in [6, 6.07) is 5.99. The van der Waals surface area contributed by atoms with Crippen LogP contribution < -0.4 is 10.1 Å². The zero-order chi connectivity index (χ0) is 12.3.